The van der Waals surface area contributed by atoms with Gasteiger partial charge in [-0.05, 0) is 24.3 Å². The number of halogens is 2. The van der Waals surface area contributed by atoms with Crippen LogP contribution >= 0.6 is 23.2 Å². The molecule has 0 bridgehead atoms. The molecule has 1 aliphatic rings. The highest BCUT2D eigenvalue weighted by molar-refractivity contribution is 7.89. The Balaban J connectivity index is 1.75. The lowest BCUT2D eigenvalue weighted by Crippen LogP contribution is -2.50. The van der Waals surface area contributed by atoms with Crippen molar-refractivity contribution in [3.8, 4) is 11.5 Å². The van der Waals surface area contributed by atoms with E-state index in [1.165, 1.54) is 36.7 Å². The molecular formula is C19H20Cl2N2O5S. The number of carbonyl (C=O) groups excluding carboxylic acids is 1. The van der Waals surface area contributed by atoms with Crippen LogP contribution in [0, 0.1) is 0 Å². The third-order valence-electron chi connectivity index (χ3n) is 4.66. The van der Waals surface area contributed by atoms with Crippen molar-refractivity contribution in [2.45, 2.75) is 4.90 Å². The zero-order valence-electron chi connectivity index (χ0n) is 15.9. The molecule has 2 aromatic carbocycles. The van der Waals surface area contributed by atoms with Gasteiger partial charge in [-0.25, -0.2) is 8.42 Å². The van der Waals surface area contributed by atoms with Gasteiger partial charge in [-0.3, -0.25) is 4.79 Å². The first-order valence-electron chi connectivity index (χ1n) is 8.74. The fraction of sp³-hybridized carbons (Fsp3) is 0.316. The Hall–Kier alpha value is -2.00. The first-order chi connectivity index (χ1) is 13.8. The molecule has 1 fully saturated rings. The molecule has 1 heterocycles. The monoisotopic (exact) mass is 458 g/mol. The first kappa shape index (κ1) is 21.7. The number of carbonyl (C=O) groups is 1. The fourth-order valence-corrected chi connectivity index (χ4v) is 5.23. The first-order valence-corrected chi connectivity index (χ1v) is 10.9. The summed E-state index contributed by atoms with van der Waals surface area (Å²) < 4.78 is 37.6. The molecule has 2 aromatic rings. The maximum absolute atomic E-state index is 12.9. The molecule has 0 atom stereocenters. The molecule has 3 rings (SSSR count). The Morgan fingerprint density at radius 3 is 2.10 bits per heavy atom. The standard InChI is InChI=1S/C19H20Cl2N2O5S/c1-27-14-10-13(11-15(12-14)28-2)19(24)22-6-8-23(9-7-22)29(25,26)17-5-3-4-16(20)18(17)21/h3-5,10-12H,6-9H2,1-2H3. The van der Waals surface area contributed by atoms with E-state index in [0.717, 1.165) is 0 Å². The lowest BCUT2D eigenvalue weighted by atomic mass is 10.1. The van der Waals surface area contributed by atoms with Gasteiger partial charge in [0.25, 0.3) is 5.91 Å². The second-order valence-corrected chi connectivity index (χ2v) is 9.04. The molecule has 0 aromatic heterocycles. The Morgan fingerprint density at radius 2 is 1.55 bits per heavy atom. The van der Waals surface area contributed by atoms with E-state index in [9.17, 15) is 13.2 Å². The van der Waals surface area contributed by atoms with Gasteiger partial charge >= 0.3 is 0 Å². The van der Waals surface area contributed by atoms with Gasteiger partial charge < -0.3 is 14.4 Å². The Labute approximate surface area is 179 Å². The van der Waals surface area contributed by atoms with Gasteiger partial charge in [0.15, 0.2) is 0 Å². The minimum Gasteiger partial charge on any atom is -0.497 e. The SMILES string of the molecule is COc1cc(OC)cc(C(=O)N2CCN(S(=O)(=O)c3cccc(Cl)c3Cl)CC2)c1. The van der Waals surface area contributed by atoms with Crippen LogP contribution in [0.15, 0.2) is 41.3 Å². The molecular weight excluding hydrogens is 439 g/mol. The second kappa shape index (κ2) is 8.79. The number of benzene rings is 2. The predicted molar refractivity (Wildman–Crippen MR) is 111 cm³/mol. The van der Waals surface area contributed by atoms with Crippen LogP contribution in [0.3, 0.4) is 0 Å². The Morgan fingerprint density at radius 1 is 0.966 bits per heavy atom. The lowest BCUT2D eigenvalue weighted by Gasteiger charge is -2.34. The van der Waals surface area contributed by atoms with Crippen molar-refractivity contribution in [3.05, 3.63) is 52.0 Å². The molecule has 29 heavy (non-hydrogen) atoms. The fourth-order valence-electron chi connectivity index (χ4n) is 3.07. The minimum absolute atomic E-state index is 0.00357. The van der Waals surface area contributed by atoms with E-state index in [4.69, 9.17) is 32.7 Å². The van der Waals surface area contributed by atoms with Crippen molar-refractivity contribution in [3.63, 3.8) is 0 Å². The normalized spacial score (nSPS) is 15.2. The second-order valence-electron chi connectivity index (χ2n) is 6.35. The predicted octanol–water partition coefficient (Wildman–Crippen LogP) is 3.16. The molecule has 0 radical (unpaired) electrons. The number of rotatable bonds is 5. The van der Waals surface area contributed by atoms with Crippen LogP contribution in [0.2, 0.25) is 10.0 Å². The van der Waals surface area contributed by atoms with E-state index in [-0.39, 0.29) is 47.0 Å². The average Bonchev–Trinajstić information content (AvgIpc) is 2.74. The van der Waals surface area contributed by atoms with Gasteiger partial charge in [-0.1, -0.05) is 29.3 Å². The summed E-state index contributed by atoms with van der Waals surface area (Å²) in [6.45, 7) is 0.793. The summed E-state index contributed by atoms with van der Waals surface area (Å²) in [6.07, 6.45) is 0. The van der Waals surface area contributed by atoms with E-state index >= 15 is 0 Å². The highest BCUT2D eigenvalue weighted by Gasteiger charge is 2.32. The summed E-state index contributed by atoms with van der Waals surface area (Å²) in [6, 6.07) is 9.41. The molecule has 7 nitrogen and oxygen atoms in total. The summed E-state index contributed by atoms with van der Waals surface area (Å²) >= 11 is 12.0. The van der Waals surface area contributed by atoms with Crippen molar-refractivity contribution in [2.24, 2.45) is 0 Å². The van der Waals surface area contributed by atoms with E-state index in [1.54, 1.807) is 23.1 Å². The number of methoxy groups -OCH3 is 2. The molecule has 0 saturated carbocycles. The van der Waals surface area contributed by atoms with E-state index in [1.807, 2.05) is 0 Å². The van der Waals surface area contributed by atoms with E-state index < -0.39 is 10.0 Å². The van der Waals surface area contributed by atoms with Crippen molar-refractivity contribution in [1.29, 1.82) is 0 Å². The molecule has 0 spiro atoms. The topological polar surface area (TPSA) is 76.2 Å². The largest absolute Gasteiger partial charge is 0.497 e. The highest BCUT2D eigenvalue weighted by Crippen LogP contribution is 2.31. The molecule has 1 amide bonds. The average molecular weight is 459 g/mol. The summed E-state index contributed by atoms with van der Waals surface area (Å²) in [5, 5.41) is 0.171. The maximum atomic E-state index is 12.9. The van der Waals surface area contributed by atoms with Gasteiger partial charge in [-0.2, -0.15) is 4.31 Å². The van der Waals surface area contributed by atoms with Crippen molar-refractivity contribution >= 4 is 39.1 Å². The van der Waals surface area contributed by atoms with E-state index in [2.05, 4.69) is 0 Å². The van der Waals surface area contributed by atoms with Crippen molar-refractivity contribution < 1.29 is 22.7 Å². The number of amides is 1. The maximum Gasteiger partial charge on any atom is 0.254 e. The molecule has 1 aliphatic heterocycles. The van der Waals surface area contributed by atoms with Crippen LogP contribution in [0.1, 0.15) is 10.4 Å². The highest BCUT2D eigenvalue weighted by atomic mass is 35.5. The zero-order chi connectivity index (χ0) is 21.2. The van der Waals surface area contributed by atoms with Gasteiger partial charge in [0.2, 0.25) is 10.0 Å². The third kappa shape index (κ3) is 4.45. The molecule has 10 heteroatoms. The van der Waals surface area contributed by atoms with Crippen molar-refractivity contribution in [2.75, 3.05) is 40.4 Å². The summed E-state index contributed by atoms with van der Waals surface area (Å²) in [7, 11) is -0.796. The summed E-state index contributed by atoms with van der Waals surface area (Å²) in [4.78, 5) is 14.4. The van der Waals surface area contributed by atoms with Crippen LogP contribution in [-0.4, -0.2) is 63.9 Å². The number of sulfonamides is 1. The number of nitrogens with zero attached hydrogens (tertiary/aromatic N) is 2. The molecule has 0 aliphatic carbocycles. The van der Waals surface area contributed by atoms with Crippen molar-refractivity contribution in [1.82, 2.24) is 9.21 Å². The van der Waals surface area contributed by atoms with Crippen LogP contribution < -0.4 is 9.47 Å². The van der Waals surface area contributed by atoms with Gasteiger partial charge in [0.1, 0.15) is 16.4 Å². The zero-order valence-corrected chi connectivity index (χ0v) is 18.2. The molecule has 156 valence electrons. The van der Waals surface area contributed by atoms with Crippen LogP contribution in [-0.2, 0) is 10.0 Å². The molecule has 1 saturated heterocycles. The third-order valence-corrected chi connectivity index (χ3v) is 7.53. The minimum atomic E-state index is -3.81. The van der Waals surface area contributed by atoms with E-state index in [0.29, 0.717) is 17.1 Å². The van der Waals surface area contributed by atoms with Gasteiger partial charge in [0, 0.05) is 37.8 Å². The summed E-state index contributed by atoms with van der Waals surface area (Å²) in [5.41, 5.74) is 0.412. The smallest absolute Gasteiger partial charge is 0.254 e. The summed E-state index contributed by atoms with van der Waals surface area (Å²) in [5.74, 6) is 0.786. The molecule has 0 unspecified atom stereocenters. The molecule has 0 N–H and O–H groups in total. The number of hydrogen-bond donors (Lipinski definition) is 0. The lowest BCUT2D eigenvalue weighted by molar-refractivity contribution is 0.0697. The van der Waals surface area contributed by atoms with Crippen LogP contribution in [0.4, 0.5) is 0 Å². The Bertz CT molecular complexity index is 999. The quantitative estimate of drug-likeness (QED) is 0.687. The number of hydrogen-bond acceptors (Lipinski definition) is 5. The Kier molecular flexibility index (Phi) is 6.58. The van der Waals surface area contributed by atoms with Gasteiger partial charge in [0.05, 0.1) is 24.3 Å². The number of ether oxygens (including phenoxy) is 2. The van der Waals surface area contributed by atoms with Crippen LogP contribution in [0.5, 0.6) is 11.5 Å². The number of piperazine rings is 1. The van der Waals surface area contributed by atoms with Gasteiger partial charge in [-0.15, -0.1) is 0 Å². The van der Waals surface area contributed by atoms with Crippen LogP contribution in [0.25, 0.3) is 0 Å².